The van der Waals surface area contributed by atoms with E-state index in [-0.39, 0.29) is 5.75 Å². The van der Waals surface area contributed by atoms with Crippen LogP contribution in [-0.2, 0) is 0 Å². The number of aromatic nitrogens is 1. The largest absolute Gasteiger partial charge is 0.447 e. The summed E-state index contributed by atoms with van der Waals surface area (Å²) in [5.41, 5.74) is 9.20. The van der Waals surface area contributed by atoms with Crippen molar-refractivity contribution >= 4 is 28.9 Å². The van der Waals surface area contributed by atoms with Crippen molar-refractivity contribution in [3.8, 4) is 11.4 Å². The normalized spacial score (nSPS) is 12.0. The topological polar surface area (TPSA) is 58.5 Å². The summed E-state index contributed by atoms with van der Waals surface area (Å²) in [5, 5.41) is 10.6. The smallest absolute Gasteiger partial charge is 0.273 e. The molecule has 5 nitrogen and oxygen atoms in total. The van der Waals surface area contributed by atoms with E-state index >= 15 is 0 Å². The van der Waals surface area contributed by atoms with Gasteiger partial charge in [-0.1, -0.05) is 41.4 Å². The fourth-order valence-corrected chi connectivity index (χ4v) is 3.24. The third kappa shape index (κ3) is 4.14. The Morgan fingerprint density at radius 1 is 0.962 bits per heavy atom. The molecule has 0 saturated heterocycles. The van der Waals surface area contributed by atoms with Crippen LogP contribution in [0.3, 0.4) is 0 Å². The zero-order valence-corrected chi connectivity index (χ0v) is 15.8. The van der Waals surface area contributed by atoms with Crippen molar-refractivity contribution in [3.63, 3.8) is 0 Å². The fourth-order valence-electron chi connectivity index (χ4n) is 2.67. The molecular formula is C19H19Cl2N3O2. The SMILES string of the molecule is Cc1ccc(C)n1-c1cc(Cl)c(OC(O)NNc2ccccc2)c(Cl)c1. The predicted molar refractivity (Wildman–Crippen MR) is 105 cm³/mol. The standard InChI is InChI=1S/C19H19Cl2N3O2/c1-12-8-9-13(2)24(12)15-10-16(20)18(17(21)11-15)26-19(25)23-22-14-6-4-3-5-7-14/h3-11,19,22-23,25H,1-2H3. The van der Waals surface area contributed by atoms with Crippen molar-refractivity contribution < 1.29 is 9.84 Å². The number of aliphatic hydroxyl groups is 1. The minimum Gasteiger partial charge on any atom is -0.447 e. The zero-order chi connectivity index (χ0) is 18.7. The highest BCUT2D eigenvalue weighted by Crippen LogP contribution is 2.36. The second-order valence-electron chi connectivity index (χ2n) is 5.80. The molecule has 0 fully saturated rings. The Morgan fingerprint density at radius 3 is 2.12 bits per heavy atom. The molecular weight excluding hydrogens is 373 g/mol. The minimum atomic E-state index is -1.34. The molecule has 0 amide bonds. The van der Waals surface area contributed by atoms with E-state index in [2.05, 4.69) is 10.9 Å². The van der Waals surface area contributed by atoms with Gasteiger partial charge in [0, 0.05) is 22.8 Å². The van der Waals surface area contributed by atoms with Crippen molar-refractivity contribution in [2.24, 2.45) is 0 Å². The summed E-state index contributed by atoms with van der Waals surface area (Å²) in [6, 6.07) is 16.9. The number of aliphatic hydroxyl groups excluding tert-OH is 1. The van der Waals surface area contributed by atoms with Gasteiger partial charge in [-0.3, -0.25) is 0 Å². The average molecular weight is 392 g/mol. The Balaban J connectivity index is 1.74. The number of rotatable bonds is 6. The summed E-state index contributed by atoms with van der Waals surface area (Å²) in [7, 11) is 0. The highest BCUT2D eigenvalue weighted by Gasteiger charge is 2.16. The molecule has 26 heavy (non-hydrogen) atoms. The molecule has 0 saturated carbocycles. The van der Waals surface area contributed by atoms with Crippen LogP contribution in [0.25, 0.3) is 5.69 Å². The van der Waals surface area contributed by atoms with Crippen molar-refractivity contribution in [1.82, 2.24) is 9.99 Å². The number of anilines is 1. The number of para-hydroxylation sites is 1. The van der Waals surface area contributed by atoms with Gasteiger partial charge in [-0.2, -0.15) is 5.43 Å². The van der Waals surface area contributed by atoms with Crippen LogP contribution in [0.15, 0.2) is 54.6 Å². The first-order valence-corrected chi connectivity index (χ1v) is 8.77. The van der Waals surface area contributed by atoms with E-state index in [9.17, 15) is 5.11 Å². The van der Waals surface area contributed by atoms with Gasteiger partial charge in [-0.15, -0.1) is 0 Å². The van der Waals surface area contributed by atoms with Gasteiger partial charge in [0.1, 0.15) is 0 Å². The molecule has 7 heteroatoms. The van der Waals surface area contributed by atoms with Crippen molar-refractivity contribution in [2.75, 3.05) is 5.43 Å². The summed E-state index contributed by atoms with van der Waals surface area (Å²) in [6.07, 6.45) is -1.34. The highest BCUT2D eigenvalue weighted by molar-refractivity contribution is 6.37. The van der Waals surface area contributed by atoms with E-state index < -0.39 is 6.41 Å². The van der Waals surface area contributed by atoms with Crippen LogP contribution < -0.4 is 15.6 Å². The fraction of sp³-hybridized carbons (Fsp3) is 0.158. The molecule has 0 aliphatic rings. The lowest BCUT2D eigenvalue weighted by molar-refractivity contribution is -0.0380. The summed E-state index contributed by atoms with van der Waals surface area (Å²) in [5.74, 6) is 0.203. The molecule has 0 spiro atoms. The molecule has 1 heterocycles. The van der Waals surface area contributed by atoms with E-state index in [0.717, 1.165) is 22.8 Å². The van der Waals surface area contributed by atoms with Crippen LogP contribution in [0.4, 0.5) is 5.69 Å². The van der Waals surface area contributed by atoms with Crippen LogP contribution in [0.2, 0.25) is 10.0 Å². The van der Waals surface area contributed by atoms with E-state index in [1.807, 2.05) is 60.9 Å². The number of benzene rings is 2. The first-order chi connectivity index (χ1) is 12.5. The van der Waals surface area contributed by atoms with Crippen LogP contribution in [-0.4, -0.2) is 16.1 Å². The number of hydrogen-bond donors (Lipinski definition) is 3. The van der Waals surface area contributed by atoms with E-state index in [1.165, 1.54) is 0 Å². The molecule has 2 aromatic carbocycles. The molecule has 3 N–H and O–H groups in total. The Labute approximate surface area is 162 Å². The zero-order valence-electron chi connectivity index (χ0n) is 14.3. The molecule has 0 bridgehead atoms. The molecule has 1 atom stereocenters. The van der Waals surface area contributed by atoms with Gasteiger partial charge in [0.25, 0.3) is 6.41 Å². The lowest BCUT2D eigenvalue weighted by Gasteiger charge is -2.19. The second kappa shape index (κ2) is 8.01. The maximum absolute atomic E-state index is 10.0. The van der Waals surface area contributed by atoms with Crippen LogP contribution in [0.1, 0.15) is 11.4 Å². The lowest BCUT2D eigenvalue weighted by atomic mass is 10.2. The lowest BCUT2D eigenvalue weighted by Crippen LogP contribution is -2.38. The first-order valence-electron chi connectivity index (χ1n) is 8.01. The van der Waals surface area contributed by atoms with Gasteiger partial charge in [-0.05, 0) is 50.2 Å². The molecule has 0 radical (unpaired) electrons. The van der Waals surface area contributed by atoms with Gasteiger partial charge in [0.05, 0.1) is 10.0 Å². The minimum absolute atomic E-state index is 0.203. The summed E-state index contributed by atoms with van der Waals surface area (Å²) in [4.78, 5) is 0. The van der Waals surface area contributed by atoms with Crippen molar-refractivity contribution in [3.05, 3.63) is 76.0 Å². The molecule has 3 rings (SSSR count). The maximum Gasteiger partial charge on any atom is 0.273 e. The average Bonchev–Trinajstić information content (AvgIpc) is 2.95. The van der Waals surface area contributed by atoms with Crippen LogP contribution in [0, 0.1) is 13.8 Å². The van der Waals surface area contributed by atoms with E-state index in [1.54, 1.807) is 12.1 Å². The van der Waals surface area contributed by atoms with Crippen LogP contribution in [0.5, 0.6) is 5.75 Å². The molecule has 0 aliphatic heterocycles. The monoisotopic (exact) mass is 391 g/mol. The molecule has 3 aromatic rings. The number of nitrogens with one attached hydrogen (secondary N) is 2. The van der Waals surface area contributed by atoms with Crippen molar-refractivity contribution in [2.45, 2.75) is 20.3 Å². The number of hydrogen-bond acceptors (Lipinski definition) is 4. The number of nitrogens with zero attached hydrogens (tertiary/aromatic N) is 1. The van der Waals surface area contributed by atoms with Gasteiger partial charge in [0.2, 0.25) is 0 Å². The number of aryl methyl sites for hydroxylation is 2. The van der Waals surface area contributed by atoms with Gasteiger partial charge in [-0.25, -0.2) is 0 Å². The summed E-state index contributed by atoms with van der Waals surface area (Å²) >= 11 is 12.7. The summed E-state index contributed by atoms with van der Waals surface area (Å²) < 4.78 is 7.47. The van der Waals surface area contributed by atoms with Gasteiger partial charge >= 0.3 is 0 Å². The molecule has 136 valence electrons. The second-order valence-corrected chi connectivity index (χ2v) is 6.61. The Morgan fingerprint density at radius 2 is 1.54 bits per heavy atom. The number of hydrazine groups is 1. The first kappa shape index (κ1) is 18.6. The van der Waals surface area contributed by atoms with Crippen molar-refractivity contribution in [1.29, 1.82) is 0 Å². The Hall–Kier alpha value is -2.18. The Bertz CT molecular complexity index is 855. The molecule has 1 unspecified atom stereocenters. The quantitative estimate of drug-likeness (QED) is 0.422. The molecule has 1 aromatic heterocycles. The summed E-state index contributed by atoms with van der Waals surface area (Å²) in [6.45, 7) is 4.00. The highest BCUT2D eigenvalue weighted by atomic mass is 35.5. The van der Waals surface area contributed by atoms with E-state index in [0.29, 0.717) is 10.0 Å². The third-order valence-corrected chi connectivity index (χ3v) is 4.42. The predicted octanol–water partition coefficient (Wildman–Crippen LogP) is 4.67. The number of halogens is 2. The third-order valence-electron chi connectivity index (χ3n) is 3.86. The Kier molecular flexibility index (Phi) is 5.74. The van der Waals surface area contributed by atoms with Crippen LogP contribution >= 0.6 is 23.2 Å². The molecule has 0 aliphatic carbocycles. The van der Waals surface area contributed by atoms with Gasteiger partial charge < -0.3 is 19.8 Å². The number of ether oxygens (including phenoxy) is 1. The van der Waals surface area contributed by atoms with Gasteiger partial charge in [0.15, 0.2) is 5.75 Å². The van der Waals surface area contributed by atoms with E-state index in [4.69, 9.17) is 27.9 Å². The maximum atomic E-state index is 10.0.